The highest BCUT2D eigenvalue weighted by Crippen LogP contribution is 2.25. The minimum absolute atomic E-state index is 0.176. The van der Waals surface area contributed by atoms with E-state index in [9.17, 15) is 4.39 Å². The quantitative estimate of drug-likeness (QED) is 0.879. The first-order valence-electron chi connectivity index (χ1n) is 8.45. The number of rotatable bonds is 6. The van der Waals surface area contributed by atoms with E-state index in [2.05, 4.69) is 22.3 Å². The molecule has 0 radical (unpaired) electrons. The summed E-state index contributed by atoms with van der Waals surface area (Å²) in [6.07, 6.45) is 1.04. The van der Waals surface area contributed by atoms with E-state index in [0.717, 1.165) is 43.9 Å². The van der Waals surface area contributed by atoms with Crippen LogP contribution in [0.2, 0.25) is 0 Å². The Morgan fingerprint density at radius 3 is 2.79 bits per heavy atom. The second-order valence-electron chi connectivity index (χ2n) is 6.69. The van der Waals surface area contributed by atoms with Crippen molar-refractivity contribution in [2.24, 2.45) is 0 Å². The fraction of sp³-hybridized carbons (Fsp3) is 0.400. The molecule has 1 fully saturated rings. The highest BCUT2D eigenvalue weighted by atomic mass is 19.1. The Morgan fingerprint density at radius 2 is 2.04 bits per heavy atom. The van der Waals surface area contributed by atoms with Crippen LogP contribution >= 0.6 is 0 Å². The predicted octanol–water partition coefficient (Wildman–Crippen LogP) is 3.43. The molecular formula is C20H25FN2O. The van der Waals surface area contributed by atoms with Gasteiger partial charge in [-0.1, -0.05) is 24.3 Å². The molecule has 1 N–H and O–H groups in total. The summed E-state index contributed by atoms with van der Waals surface area (Å²) < 4.78 is 19.7. The average Bonchev–Trinajstić information content (AvgIpc) is 3.07. The van der Waals surface area contributed by atoms with E-state index in [4.69, 9.17) is 4.74 Å². The molecule has 1 heterocycles. The SMILES string of the molecule is CN(C)Cc1cccc(-c2cc(CN[C@H]3CCOC3)ccc2F)c1. The van der Waals surface area contributed by atoms with Gasteiger partial charge in [0.1, 0.15) is 5.82 Å². The van der Waals surface area contributed by atoms with Crippen molar-refractivity contribution in [3.05, 3.63) is 59.4 Å². The third-order valence-electron chi connectivity index (χ3n) is 4.29. The number of hydrogen-bond acceptors (Lipinski definition) is 3. The third-order valence-corrected chi connectivity index (χ3v) is 4.29. The average molecular weight is 328 g/mol. The number of hydrogen-bond donors (Lipinski definition) is 1. The minimum Gasteiger partial charge on any atom is -0.380 e. The number of benzene rings is 2. The predicted molar refractivity (Wildman–Crippen MR) is 95.3 cm³/mol. The van der Waals surface area contributed by atoms with Crippen LogP contribution in [0.15, 0.2) is 42.5 Å². The van der Waals surface area contributed by atoms with Crippen LogP contribution in [0.1, 0.15) is 17.5 Å². The van der Waals surface area contributed by atoms with Crippen molar-refractivity contribution in [1.82, 2.24) is 10.2 Å². The van der Waals surface area contributed by atoms with Gasteiger partial charge in [0.2, 0.25) is 0 Å². The molecule has 3 nitrogen and oxygen atoms in total. The topological polar surface area (TPSA) is 24.5 Å². The van der Waals surface area contributed by atoms with Crippen molar-refractivity contribution in [3.8, 4) is 11.1 Å². The molecule has 1 saturated heterocycles. The van der Waals surface area contributed by atoms with Gasteiger partial charge < -0.3 is 15.0 Å². The Balaban J connectivity index is 1.78. The first kappa shape index (κ1) is 17.1. The smallest absolute Gasteiger partial charge is 0.131 e. The lowest BCUT2D eigenvalue weighted by atomic mass is 10.00. The van der Waals surface area contributed by atoms with E-state index < -0.39 is 0 Å². The Bertz CT molecular complexity index is 681. The molecule has 1 aliphatic heterocycles. The molecule has 0 spiro atoms. The maximum absolute atomic E-state index is 14.3. The van der Waals surface area contributed by atoms with E-state index in [1.165, 1.54) is 5.56 Å². The van der Waals surface area contributed by atoms with Gasteiger partial charge in [-0.3, -0.25) is 0 Å². The molecule has 1 aliphatic rings. The fourth-order valence-corrected chi connectivity index (χ4v) is 3.06. The summed E-state index contributed by atoms with van der Waals surface area (Å²) in [5.74, 6) is -0.176. The highest BCUT2D eigenvalue weighted by Gasteiger charge is 2.15. The normalized spacial score (nSPS) is 17.6. The maximum Gasteiger partial charge on any atom is 0.131 e. The molecule has 24 heavy (non-hydrogen) atoms. The summed E-state index contributed by atoms with van der Waals surface area (Å²) in [6, 6.07) is 13.9. The zero-order valence-corrected chi connectivity index (χ0v) is 14.4. The molecule has 0 bridgehead atoms. The van der Waals surface area contributed by atoms with Gasteiger partial charge >= 0.3 is 0 Å². The molecule has 1 atom stereocenters. The summed E-state index contributed by atoms with van der Waals surface area (Å²) >= 11 is 0. The molecule has 2 aromatic carbocycles. The molecule has 2 aromatic rings. The molecule has 0 amide bonds. The monoisotopic (exact) mass is 328 g/mol. The van der Waals surface area contributed by atoms with E-state index in [0.29, 0.717) is 11.6 Å². The minimum atomic E-state index is -0.176. The standard InChI is InChI=1S/C20H25FN2O/c1-23(2)13-16-4-3-5-17(10-16)19-11-15(6-7-20(19)21)12-22-18-8-9-24-14-18/h3-7,10-11,18,22H,8-9,12-14H2,1-2H3/t18-/m0/s1. The van der Waals surface area contributed by atoms with Gasteiger partial charge in [-0.25, -0.2) is 4.39 Å². The lowest BCUT2D eigenvalue weighted by molar-refractivity contribution is 0.190. The van der Waals surface area contributed by atoms with Crippen molar-refractivity contribution >= 4 is 0 Å². The van der Waals surface area contributed by atoms with Crippen molar-refractivity contribution in [1.29, 1.82) is 0 Å². The summed E-state index contributed by atoms with van der Waals surface area (Å²) in [6.45, 7) is 3.17. The second kappa shape index (κ2) is 7.88. The molecule has 0 saturated carbocycles. The number of nitrogens with zero attached hydrogens (tertiary/aromatic N) is 1. The Labute approximate surface area is 143 Å². The van der Waals surface area contributed by atoms with Crippen LogP contribution in [-0.2, 0) is 17.8 Å². The Morgan fingerprint density at radius 1 is 1.17 bits per heavy atom. The molecule has 128 valence electrons. The molecule has 3 rings (SSSR count). The van der Waals surface area contributed by atoms with Crippen molar-refractivity contribution in [2.75, 3.05) is 27.3 Å². The number of halogens is 1. The van der Waals surface area contributed by atoms with Crippen molar-refractivity contribution < 1.29 is 9.13 Å². The van der Waals surface area contributed by atoms with Crippen molar-refractivity contribution in [2.45, 2.75) is 25.6 Å². The van der Waals surface area contributed by atoms with Crippen LogP contribution < -0.4 is 5.32 Å². The Kier molecular flexibility index (Phi) is 5.61. The lowest BCUT2D eigenvalue weighted by Crippen LogP contribution is -2.28. The number of nitrogens with one attached hydrogen (secondary N) is 1. The zero-order valence-electron chi connectivity index (χ0n) is 14.4. The van der Waals surface area contributed by atoms with Gasteiger partial charge in [-0.2, -0.15) is 0 Å². The molecule has 0 aromatic heterocycles. The fourth-order valence-electron chi connectivity index (χ4n) is 3.06. The first-order chi connectivity index (χ1) is 11.6. The van der Waals surface area contributed by atoms with Gasteiger partial charge in [-0.15, -0.1) is 0 Å². The molecule has 0 unspecified atom stereocenters. The lowest BCUT2D eigenvalue weighted by Gasteiger charge is -2.13. The highest BCUT2D eigenvalue weighted by molar-refractivity contribution is 5.65. The van der Waals surface area contributed by atoms with E-state index in [1.54, 1.807) is 6.07 Å². The van der Waals surface area contributed by atoms with Crippen molar-refractivity contribution in [3.63, 3.8) is 0 Å². The largest absolute Gasteiger partial charge is 0.380 e. The maximum atomic E-state index is 14.3. The van der Waals surface area contributed by atoms with E-state index in [1.807, 2.05) is 38.4 Å². The van der Waals surface area contributed by atoms with Gasteiger partial charge in [-0.05, 0) is 55.4 Å². The molecular weight excluding hydrogens is 303 g/mol. The van der Waals surface area contributed by atoms with Crippen LogP contribution in [0.5, 0.6) is 0 Å². The van der Waals surface area contributed by atoms with Gasteiger partial charge in [0.15, 0.2) is 0 Å². The first-order valence-corrected chi connectivity index (χ1v) is 8.45. The third kappa shape index (κ3) is 4.41. The Hall–Kier alpha value is -1.75. The summed E-state index contributed by atoms with van der Waals surface area (Å²) in [5, 5.41) is 3.48. The van der Waals surface area contributed by atoms with E-state index in [-0.39, 0.29) is 5.82 Å². The summed E-state index contributed by atoms with van der Waals surface area (Å²) in [4.78, 5) is 2.11. The van der Waals surface area contributed by atoms with Crippen LogP contribution in [-0.4, -0.2) is 38.3 Å². The van der Waals surface area contributed by atoms with Gasteiger partial charge in [0, 0.05) is 31.3 Å². The molecule has 4 heteroatoms. The van der Waals surface area contributed by atoms with Crippen LogP contribution in [0.25, 0.3) is 11.1 Å². The summed E-state index contributed by atoms with van der Waals surface area (Å²) in [7, 11) is 4.07. The van der Waals surface area contributed by atoms with E-state index >= 15 is 0 Å². The molecule has 0 aliphatic carbocycles. The van der Waals surface area contributed by atoms with Crippen LogP contribution in [0.3, 0.4) is 0 Å². The summed E-state index contributed by atoms with van der Waals surface area (Å²) in [5.41, 5.74) is 3.87. The van der Waals surface area contributed by atoms with Crippen LogP contribution in [0, 0.1) is 5.82 Å². The number of ether oxygens (including phenoxy) is 1. The van der Waals surface area contributed by atoms with Gasteiger partial charge in [0.25, 0.3) is 0 Å². The van der Waals surface area contributed by atoms with Crippen LogP contribution in [0.4, 0.5) is 4.39 Å². The zero-order chi connectivity index (χ0) is 16.9. The van der Waals surface area contributed by atoms with Gasteiger partial charge in [0.05, 0.1) is 6.61 Å². The second-order valence-corrected chi connectivity index (χ2v) is 6.69.